The molecule has 3 N–H and O–H groups in total. The Labute approximate surface area is 132 Å². The molecule has 0 unspecified atom stereocenters. The van der Waals surface area contributed by atoms with Crippen molar-refractivity contribution in [3.05, 3.63) is 29.3 Å². The lowest BCUT2D eigenvalue weighted by Crippen LogP contribution is -2.49. The first kappa shape index (κ1) is 15.5. The van der Waals surface area contributed by atoms with Crippen molar-refractivity contribution in [1.82, 2.24) is 16.2 Å². The summed E-state index contributed by atoms with van der Waals surface area (Å²) in [5.74, 6) is 0.0341. The molecule has 0 atom stereocenters. The van der Waals surface area contributed by atoms with E-state index >= 15 is 0 Å². The molecular formula is C13H14ClN3O3S. The van der Waals surface area contributed by atoms with E-state index in [4.69, 9.17) is 28.6 Å². The van der Waals surface area contributed by atoms with Crippen LogP contribution in [0.2, 0.25) is 5.02 Å². The SMILES string of the molecule is O=C(COc1ccc(Cl)cc1)NC(=S)NNC(=O)C1CC1. The molecule has 1 aliphatic carbocycles. The van der Waals surface area contributed by atoms with Gasteiger partial charge in [0.25, 0.3) is 5.91 Å². The molecule has 0 aromatic heterocycles. The van der Waals surface area contributed by atoms with Crippen molar-refractivity contribution in [1.29, 1.82) is 0 Å². The normalized spacial score (nSPS) is 13.2. The Balaban J connectivity index is 1.65. The van der Waals surface area contributed by atoms with Crippen LogP contribution >= 0.6 is 23.8 Å². The maximum absolute atomic E-state index is 11.6. The van der Waals surface area contributed by atoms with Gasteiger partial charge in [-0.2, -0.15) is 0 Å². The van der Waals surface area contributed by atoms with Gasteiger partial charge in [-0.15, -0.1) is 0 Å². The van der Waals surface area contributed by atoms with E-state index in [9.17, 15) is 9.59 Å². The van der Waals surface area contributed by atoms with Crippen LogP contribution in [0.5, 0.6) is 5.75 Å². The van der Waals surface area contributed by atoms with Gasteiger partial charge in [-0.25, -0.2) is 0 Å². The molecule has 1 saturated carbocycles. The molecule has 112 valence electrons. The number of ether oxygens (including phenoxy) is 1. The Bertz CT molecular complexity index is 546. The number of nitrogens with one attached hydrogen (secondary N) is 3. The number of carbonyl (C=O) groups is 2. The lowest BCUT2D eigenvalue weighted by Gasteiger charge is -2.11. The summed E-state index contributed by atoms with van der Waals surface area (Å²) in [6.45, 7) is -0.194. The van der Waals surface area contributed by atoms with Crippen molar-refractivity contribution in [2.75, 3.05) is 6.61 Å². The number of halogens is 1. The van der Waals surface area contributed by atoms with Crippen LogP contribution in [0.4, 0.5) is 0 Å². The Morgan fingerprint density at radius 3 is 2.52 bits per heavy atom. The number of hydrazine groups is 1. The van der Waals surface area contributed by atoms with Crippen LogP contribution in [-0.4, -0.2) is 23.5 Å². The maximum Gasteiger partial charge on any atom is 0.264 e. The van der Waals surface area contributed by atoms with Gasteiger partial charge in [-0.3, -0.25) is 25.8 Å². The van der Waals surface area contributed by atoms with Gasteiger partial charge < -0.3 is 4.74 Å². The average Bonchev–Trinajstić information content (AvgIpc) is 3.29. The minimum Gasteiger partial charge on any atom is -0.484 e. The van der Waals surface area contributed by atoms with Crippen molar-refractivity contribution < 1.29 is 14.3 Å². The van der Waals surface area contributed by atoms with Crippen LogP contribution in [0, 0.1) is 5.92 Å². The maximum atomic E-state index is 11.6. The van der Waals surface area contributed by atoms with E-state index in [1.165, 1.54) is 0 Å². The highest BCUT2D eigenvalue weighted by atomic mass is 35.5. The fourth-order valence-corrected chi connectivity index (χ4v) is 1.73. The predicted octanol–water partition coefficient (Wildman–Crippen LogP) is 1.15. The number of amides is 2. The number of benzene rings is 1. The zero-order valence-corrected chi connectivity index (χ0v) is 12.6. The molecule has 8 heteroatoms. The van der Waals surface area contributed by atoms with Crippen molar-refractivity contribution in [2.45, 2.75) is 12.8 Å². The fourth-order valence-electron chi connectivity index (χ4n) is 1.44. The summed E-state index contributed by atoms with van der Waals surface area (Å²) in [5.41, 5.74) is 4.90. The van der Waals surface area contributed by atoms with E-state index in [0.29, 0.717) is 10.8 Å². The summed E-state index contributed by atoms with van der Waals surface area (Å²) >= 11 is 10.6. The third-order valence-corrected chi connectivity index (χ3v) is 3.14. The third-order valence-electron chi connectivity index (χ3n) is 2.68. The Morgan fingerprint density at radius 1 is 1.24 bits per heavy atom. The molecule has 1 fully saturated rings. The van der Waals surface area contributed by atoms with Crippen molar-refractivity contribution in [3.8, 4) is 5.75 Å². The minimum absolute atomic E-state index is 0.0220. The van der Waals surface area contributed by atoms with Crippen LogP contribution in [0.1, 0.15) is 12.8 Å². The summed E-state index contributed by atoms with van der Waals surface area (Å²) in [4.78, 5) is 22.9. The highest BCUT2D eigenvalue weighted by molar-refractivity contribution is 7.80. The predicted molar refractivity (Wildman–Crippen MR) is 81.7 cm³/mol. The van der Waals surface area contributed by atoms with Crippen LogP contribution in [0.15, 0.2) is 24.3 Å². The van der Waals surface area contributed by atoms with Gasteiger partial charge >= 0.3 is 0 Å². The molecule has 2 rings (SSSR count). The molecule has 0 aliphatic heterocycles. The van der Waals surface area contributed by atoms with Crippen LogP contribution in [0.25, 0.3) is 0 Å². The molecular weight excluding hydrogens is 314 g/mol. The van der Waals surface area contributed by atoms with Crippen molar-refractivity contribution >= 4 is 40.7 Å². The van der Waals surface area contributed by atoms with E-state index in [1.807, 2.05) is 0 Å². The van der Waals surface area contributed by atoms with E-state index in [1.54, 1.807) is 24.3 Å². The number of hydrogen-bond donors (Lipinski definition) is 3. The van der Waals surface area contributed by atoms with Gasteiger partial charge in [0, 0.05) is 10.9 Å². The van der Waals surface area contributed by atoms with Gasteiger partial charge in [0.15, 0.2) is 11.7 Å². The lowest BCUT2D eigenvalue weighted by atomic mass is 10.3. The molecule has 6 nitrogen and oxygen atoms in total. The first-order valence-corrected chi connectivity index (χ1v) is 7.11. The summed E-state index contributed by atoms with van der Waals surface area (Å²) in [6, 6.07) is 6.63. The molecule has 1 aliphatic rings. The van der Waals surface area contributed by atoms with Crippen molar-refractivity contribution in [3.63, 3.8) is 0 Å². The smallest absolute Gasteiger partial charge is 0.264 e. The Hall–Kier alpha value is -1.86. The lowest BCUT2D eigenvalue weighted by molar-refractivity contribution is -0.123. The van der Waals surface area contributed by atoms with Crippen LogP contribution < -0.4 is 20.9 Å². The van der Waals surface area contributed by atoms with Gasteiger partial charge in [0.2, 0.25) is 5.91 Å². The van der Waals surface area contributed by atoms with Crippen LogP contribution in [-0.2, 0) is 9.59 Å². The quantitative estimate of drug-likeness (QED) is 0.571. The number of thiocarbonyl (C=S) groups is 1. The molecule has 2 amide bonds. The van der Waals surface area contributed by atoms with E-state index in [2.05, 4.69) is 16.2 Å². The molecule has 1 aromatic rings. The van der Waals surface area contributed by atoms with E-state index < -0.39 is 5.91 Å². The second kappa shape index (κ2) is 7.24. The monoisotopic (exact) mass is 327 g/mol. The van der Waals surface area contributed by atoms with Gasteiger partial charge in [0.05, 0.1) is 0 Å². The number of rotatable bonds is 4. The highest BCUT2D eigenvalue weighted by Gasteiger charge is 2.29. The molecule has 1 aromatic carbocycles. The molecule has 0 heterocycles. The topological polar surface area (TPSA) is 79.5 Å². The molecule has 0 saturated heterocycles. The second-order valence-electron chi connectivity index (χ2n) is 4.51. The Morgan fingerprint density at radius 2 is 1.90 bits per heavy atom. The first-order chi connectivity index (χ1) is 10.0. The average molecular weight is 328 g/mol. The third kappa shape index (κ3) is 5.57. The number of hydrogen-bond acceptors (Lipinski definition) is 4. The summed E-state index contributed by atoms with van der Waals surface area (Å²) in [5, 5.41) is 3.00. The van der Waals surface area contributed by atoms with Crippen molar-refractivity contribution in [2.24, 2.45) is 5.92 Å². The molecule has 0 spiro atoms. The second-order valence-corrected chi connectivity index (χ2v) is 5.35. The summed E-state index contributed by atoms with van der Waals surface area (Å²) in [6.07, 6.45) is 1.78. The Kier molecular flexibility index (Phi) is 5.35. The molecule has 21 heavy (non-hydrogen) atoms. The number of carbonyl (C=O) groups excluding carboxylic acids is 2. The standard InChI is InChI=1S/C13H14ClN3O3S/c14-9-3-5-10(6-4-9)20-7-11(18)15-13(21)17-16-12(19)8-1-2-8/h3-6,8H,1-2,7H2,(H,16,19)(H2,15,17,18,21). The van der Waals surface area contributed by atoms with Gasteiger partial charge in [-0.05, 0) is 49.3 Å². The van der Waals surface area contributed by atoms with E-state index in [0.717, 1.165) is 12.8 Å². The largest absolute Gasteiger partial charge is 0.484 e. The summed E-state index contributed by atoms with van der Waals surface area (Å²) in [7, 11) is 0. The van der Waals surface area contributed by atoms with Gasteiger partial charge in [-0.1, -0.05) is 11.6 Å². The molecule has 0 radical (unpaired) electrons. The fraction of sp³-hybridized carbons (Fsp3) is 0.308. The zero-order valence-electron chi connectivity index (χ0n) is 11.0. The molecule has 0 bridgehead atoms. The van der Waals surface area contributed by atoms with E-state index in [-0.39, 0.29) is 23.5 Å². The van der Waals surface area contributed by atoms with Gasteiger partial charge in [0.1, 0.15) is 5.75 Å². The van der Waals surface area contributed by atoms with Crippen LogP contribution in [0.3, 0.4) is 0 Å². The summed E-state index contributed by atoms with van der Waals surface area (Å²) < 4.78 is 5.25. The zero-order chi connectivity index (χ0) is 15.2. The highest BCUT2D eigenvalue weighted by Crippen LogP contribution is 2.28. The minimum atomic E-state index is -0.428. The first-order valence-electron chi connectivity index (χ1n) is 6.32.